The van der Waals surface area contributed by atoms with Gasteiger partial charge in [0.2, 0.25) is 0 Å². The van der Waals surface area contributed by atoms with E-state index in [1.165, 1.54) is 6.92 Å². The summed E-state index contributed by atoms with van der Waals surface area (Å²) >= 11 is 0. The fourth-order valence-corrected chi connectivity index (χ4v) is 11.9. The SMILES string of the molecule is CC1O[C@H]2O[C@H]3C(CO)O[C@@H](O[C@H]4C(CO)O[C@@H](O[C@H]5C(CO)O[C@@H](O[C@H]6C(CO)O[C@@H](O[C@H]7C(CO)O[C@@H](O[C@H]8C(CO)O[C@@H](O[C@H]9C(CO)O[C@@H](O[C@@H]1[C@H](O)C2O)C(O)[C@H]9O)C(O)[C@H]8O)C(O)[C@H]7O)C(O)[C@H]6O)C(O)[C@H]5O)C(O)[C@H]4O)C(O)[C@H]3O. The van der Waals surface area contributed by atoms with E-state index in [-0.39, 0.29) is 0 Å². The highest BCUT2D eigenvalue weighted by Crippen LogP contribution is 2.39. The van der Waals surface area contributed by atoms with Crippen molar-refractivity contribution in [1.29, 1.82) is 0 Å². The largest absolute Gasteiger partial charge is 0.394 e. The molecular weight excluding hydrogens is 1200 g/mol. The normalized spacial score (nSPS) is 55.9. The summed E-state index contributed by atoms with van der Waals surface area (Å²) in [6.07, 6.45) is -79.8. The molecule has 30 rings (SSSR count). The van der Waals surface area contributed by atoms with Gasteiger partial charge in [0.05, 0.1) is 52.4 Å². The lowest BCUT2D eigenvalue weighted by Gasteiger charge is -2.50. The Bertz CT molecular complexity index is 2110. The van der Waals surface area contributed by atoms with E-state index >= 15 is 0 Å². The molecule has 506 valence electrons. The molecule has 0 aromatic rings. The van der Waals surface area contributed by atoms with Crippen molar-refractivity contribution in [2.45, 2.75) is 253 Å². The Kier molecular flexibility index (Phi) is 23.6. The zero-order valence-corrected chi connectivity index (χ0v) is 45.9. The minimum absolute atomic E-state index is 1.03. The topological polar surface area (TPSA) is 613 Å². The molecule has 16 bridgehead atoms. The van der Waals surface area contributed by atoms with E-state index in [0.717, 1.165) is 0 Å². The Balaban J connectivity index is 0.969. The standard InChI is InChI=1S/C48H80O39/c1-9-33-17(56)25(64)41(72-9)81-34-10(2-49)74-43(27(66)19(34)58)83-36-12(4-51)76-45(29(68)21(36)60)85-38-14(6-53)78-47(31(70)23(38)62)87-40-16(8-55)79-48(32(71)24(40)63)86-39-15(7-54)77-46(30(69)22(39)61)84-37-13(5-52)75-44(28(67)20(37)59)82-35-11(3-50)73-42(80-33)26(65)18(35)57/h9-71H,2-8H2,1H3/t9?,10?,11?,12?,13?,14?,15?,16?,17-,18-,19-,20-,21-,22-,23-,24-,25?,26?,27?,28?,29?,30?,31?,32?,33+,34+,35+,36+,37+,38+,39+,40+,41+,42+,43+,44+,45+,46+,47+,48+/m1/s1. The molecule has 30 saturated heterocycles. The first-order chi connectivity index (χ1) is 41.4. The lowest BCUT2D eigenvalue weighted by atomic mass is 9.95. The van der Waals surface area contributed by atoms with Crippen molar-refractivity contribution >= 4 is 0 Å². The highest BCUT2D eigenvalue weighted by atomic mass is 16.8. The van der Waals surface area contributed by atoms with Crippen LogP contribution in [0.5, 0.6) is 0 Å². The third-order valence-corrected chi connectivity index (χ3v) is 16.9. The summed E-state index contributed by atoms with van der Waals surface area (Å²) in [4.78, 5) is 0. The molecular formula is C48H80O39. The summed E-state index contributed by atoms with van der Waals surface area (Å²) in [5, 5.41) is 254. The second-order valence-electron chi connectivity index (χ2n) is 22.4. The molecule has 30 heterocycles. The van der Waals surface area contributed by atoms with Gasteiger partial charge >= 0.3 is 0 Å². The minimum Gasteiger partial charge on any atom is -0.394 e. The van der Waals surface area contributed by atoms with Gasteiger partial charge in [-0.25, -0.2) is 0 Å². The molecule has 0 aromatic carbocycles. The maximum Gasteiger partial charge on any atom is 0.187 e. The molecule has 39 nitrogen and oxygen atoms in total. The summed E-state index contributed by atoms with van der Waals surface area (Å²) in [5.74, 6) is 0. The van der Waals surface area contributed by atoms with E-state index in [4.69, 9.17) is 75.8 Å². The van der Waals surface area contributed by atoms with Crippen LogP contribution in [0.25, 0.3) is 0 Å². The third kappa shape index (κ3) is 13.7. The molecule has 0 aromatic heterocycles. The van der Waals surface area contributed by atoms with E-state index < -0.39 is 292 Å². The molecule has 0 spiro atoms. The first-order valence-electron chi connectivity index (χ1n) is 28.0. The van der Waals surface area contributed by atoms with Crippen LogP contribution in [-0.4, -0.2) is 409 Å². The van der Waals surface area contributed by atoms with Gasteiger partial charge in [-0.05, 0) is 6.92 Å². The van der Waals surface area contributed by atoms with Crippen molar-refractivity contribution < 1.29 is 193 Å². The van der Waals surface area contributed by atoms with Crippen LogP contribution in [-0.2, 0) is 75.8 Å². The number of aliphatic hydroxyl groups excluding tert-OH is 23. The molecule has 0 aliphatic carbocycles. The van der Waals surface area contributed by atoms with Crippen LogP contribution in [0.3, 0.4) is 0 Å². The molecule has 30 aliphatic heterocycles. The van der Waals surface area contributed by atoms with Crippen molar-refractivity contribution in [2.24, 2.45) is 0 Å². The third-order valence-electron chi connectivity index (χ3n) is 16.9. The van der Waals surface area contributed by atoms with Gasteiger partial charge in [-0.15, -0.1) is 0 Å². The van der Waals surface area contributed by atoms with Crippen LogP contribution < -0.4 is 0 Å². The van der Waals surface area contributed by atoms with Crippen molar-refractivity contribution in [3.63, 3.8) is 0 Å². The number of ether oxygens (including phenoxy) is 16. The van der Waals surface area contributed by atoms with Crippen LogP contribution in [0.4, 0.5) is 0 Å². The highest BCUT2D eigenvalue weighted by molar-refractivity contribution is 5.02. The molecule has 23 N–H and O–H groups in total. The average Bonchev–Trinajstić information content (AvgIpc) is 1.09. The first-order valence-corrected chi connectivity index (χ1v) is 28.0. The monoisotopic (exact) mass is 1280 g/mol. The second-order valence-corrected chi connectivity index (χ2v) is 22.4. The van der Waals surface area contributed by atoms with Gasteiger partial charge in [0.1, 0.15) is 189 Å². The summed E-state index contributed by atoms with van der Waals surface area (Å²) in [7, 11) is 0. The molecule has 30 fully saturated rings. The van der Waals surface area contributed by atoms with Gasteiger partial charge in [-0.2, -0.15) is 0 Å². The van der Waals surface area contributed by atoms with Crippen LogP contribution >= 0.6 is 0 Å². The molecule has 39 heteroatoms. The Morgan fingerprint density at radius 1 is 0.172 bits per heavy atom. The Hall–Kier alpha value is -1.56. The lowest BCUT2D eigenvalue weighted by molar-refractivity contribution is -0.403. The smallest absolute Gasteiger partial charge is 0.187 e. The Labute approximate surface area is 491 Å². The maximum atomic E-state index is 11.4. The Morgan fingerprint density at radius 3 is 0.448 bits per heavy atom. The number of hydrogen-bond donors (Lipinski definition) is 23. The van der Waals surface area contributed by atoms with Crippen molar-refractivity contribution in [2.75, 3.05) is 46.2 Å². The molecule has 40 atom stereocenters. The van der Waals surface area contributed by atoms with Gasteiger partial charge < -0.3 is 193 Å². The molecule has 87 heavy (non-hydrogen) atoms. The molecule has 16 unspecified atom stereocenters. The Morgan fingerprint density at radius 2 is 0.299 bits per heavy atom. The van der Waals surface area contributed by atoms with E-state index in [9.17, 15) is 117 Å². The first kappa shape index (κ1) is 69.8. The van der Waals surface area contributed by atoms with Crippen molar-refractivity contribution in [3.8, 4) is 0 Å². The minimum atomic E-state index is -2.24. The van der Waals surface area contributed by atoms with Crippen molar-refractivity contribution in [1.82, 2.24) is 0 Å². The molecule has 0 saturated carbocycles. The number of aliphatic hydroxyl groups is 23. The van der Waals surface area contributed by atoms with Crippen LogP contribution in [0.15, 0.2) is 0 Å². The molecule has 0 amide bonds. The van der Waals surface area contributed by atoms with Crippen molar-refractivity contribution in [3.05, 3.63) is 0 Å². The maximum absolute atomic E-state index is 11.4. The fourth-order valence-electron chi connectivity index (χ4n) is 11.9. The molecule has 0 radical (unpaired) electrons. The van der Waals surface area contributed by atoms with Gasteiger partial charge in [-0.1, -0.05) is 0 Å². The zero-order chi connectivity index (χ0) is 63.4. The van der Waals surface area contributed by atoms with Gasteiger partial charge in [0.25, 0.3) is 0 Å². The van der Waals surface area contributed by atoms with E-state index in [2.05, 4.69) is 0 Å². The number of hydrogen-bond acceptors (Lipinski definition) is 39. The summed E-state index contributed by atoms with van der Waals surface area (Å²) in [6.45, 7) is -6.13. The predicted molar refractivity (Wildman–Crippen MR) is 260 cm³/mol. The van der Waals surface area contributed by atoms with Crippen LogP contribution in [0.2, 0.25) is 0 Å². The van der Waals surface area contributed by atoms with Gasteiger partial charge in [-0.3, -0.25) is 0 Å². The quantitative estimate of drug-likeness (QED) is 0.113. The number of rotatable bonds is 7. The fraction of sp³-hybridized carbons (Fsp3) is 1.00. The van der Waals surface area contributed by atoms with E-state index in [1.807, 2.05) is 0 Å². The molecule has 30 aliphatic rings. The summed E-state index contributed by atoms with van der Waals surface area (Å²) < 4.78 is 91.4. The van der Waals surface area contributed by atoms with Crippen LogP contribution in [0, 0.1) is 0 Å². The zero-order valence-electron chi connectivity index (χ0n) is 45.9. The lowest BCUT2D eigenvalue weighted by Crippen LogP contribution is -2.69. The second kappa shape index (κ2) is 29.4. The van der Waals surface area contributed by atoms with Crippen LogP contribution in [0.1, 0.15) is 6.92 Å². The van der Waals surface area contributed by atoms with Gasteiger partial charge in [0.15, 0.2) is 50.3 Å². The van der Waals surface area contributed by atoms with E-state index in [1.54, 1.807) is 0 Å². The predicted octanol–water partition coefficient (Wildman–Crippen LogP) is -16.4. The summed E-state index contributed by atoms with van der Waals surface area (Å²) in [6, 6.07) is 0. The summed E-state index contributed by atoms with van der Waals surface area (Å²) in [5.41, 5.74) is 0. The average molecular weight is 1280 g/mol. The van der Waals surface area contributed by atoms with E-state index in [0.29, 0.717) is 0 Å². The highest BCUT2D eigenvalue weighted by Gasteiger charge is 2.60. The van der Waals surface area contributed by atoms with Gasteiger partial charge in [0, 0.05) is 0 Å².